The monoisotopic (exact) mass is 400 g/mol. The minimum Gasteiger partial charge on any atom is -0.483 e. The molecule has 128 valence electrons. The van der Waals surface area contributed by atoms with E-state index < -0.39 is 34.1 Å². The van der Waals surface area contributed by atoms with E-state index in [-0.39, 0.29) is 16.9 Å². The van der Waals surface area contributed by atoms with Crippen molar-refractivity contribution in [2.75, 3.05) is 6.61 Å². The van der Waals surface area contributed by atoms with Crippen LogP contribution in [0.3, 0.4) is 0 Å². The van der Waals surface area contributed by atoms with Crippen LogP contribution in [0.4, 0.5) is 26.3 Å². The van der Waals surface area contributed by atoms with Crippen LogP contribution in [0.5, 0.6) is 5.75 Å². The largest absolute Gasteiger partial charge is 0.483 e. The quantitative estimate of drug-likeness (QED) is 0.544. The lowest BCUT2D eigenvalue weighted by atomic mass is 10.1. The second-order valence-electron chi connectivity index (χ2n) is 4.35. The molecule has 0 atom stereocenters. The predicted molar refractivity (Wildman–Crippen MR) is 71.9 cm³/mol. The molecule has 1 heterocycles. The van der Waals surface area contributed by atoms with Crippen LogP contribution in [-0.2, 0) is 9.97 Å². The van der Waals surface area contributed by atoms with Crippen molar-refractivity contribution in [3.63, 3.8) is 0 Å². The summed E-state index contributed by atoms with van der Waals surface area (Å²) in [7, 11) is 0. The number of fused-ring (bicyclic) bond motifs is 1. The maximum atomic E-state index is 13.0. The highest BCUT2D eigenvalue weighted by Gasteiger charge is 2.37. The highest BCUT2D eigenvalue weighted by Crippen LogP contribution is 2.41. The van der Waals surface area contributed by atoms with Crippen LogP contribution in [-0.4, -0.2) is 22.8 Å². The first kappa shape index (κ1) is 18.3. The van der Waals surface area contributed by atoms with Gasteiger partial charge in [0.05, 0.1) is 16.6 Å². The van der Waals surface area contributed by atoms with Gasteiger partial charge in [-0.1, -0.05) is 34.8 Å². The van der Waals surface area contributed by atoms with Gasteiger partial charge in [-0.3, -0.25) is 0 Å². The smallest absolute Gasteiger partial charge is 0.422 e. The van der Waals surface area contributed by atoms with E-state index in [2.05, 4.69) is 14.7 Å². The zero-order valence-electron chi connectivity index (χ0n) is 10.6. The zero-order valence-corrected chi connectivity index (χ0v) is 12.9. The van der Waals surface area contributed by atoms with Crippen molar-refractivity contribution in [2.24, 2.45) is 0 Å². The van der Waals surface area contributed by atoms with E-state index in [9.17, 15) is 26.3 Å². The van der Waals surface area contributed by atoms with Crippen LogP contribution in [0.1, 0.15) is 11.4 Å². The number of benzene rings is 1. The Bertz CT molecular complexity index is 719. The number of alkyl halides is 9. The van der Waals surface area contributed by atoms with E-state index in [0.29, 0.717) is 12.1 Å². The first-order chi connectivity index (χ1) is 10.3. The lowest BCUT2D eigenvalue weighted by Gasteiger charge is -2.15. The van der Waals surface area contributed by atoms with Crippen LogP contribution in [0.15, 0.2) is 12.1 Å². The van der Waals surface area contributed by atoms with Gasteiger partial charge in [-0.2, -0.15) is 26.3 Å². The van der Waals surface area contributed by atoms with Gasteiger partial charge in [-0.05, 0) is 6.07 Å². The molecule has 0 aliphatic carbocycles. The number of ether oxygens (including phenoxy) is 1. The first-order valence-electron chi connectivity index (χ1n) is 5.65. The van der Waals surface area contributed by atoms with Crippen LogP contribution >= 0.6 is 34.8 Å². The number of nitrogens with one attached hydrogen (secondary N) is 1. The predicted octanol–water partition coefficient (Wildman–Crippen LogP) is 5.35. The molecule has 0 amide bonds. The van der Waals surface area contributed by atoms with E-state index in [1.807, 2.05) is 0 Å². The molecule has 0 bridgehead atoms. The molecule has 0 unspecified atom stereocenters. The van der Waals surface area contributed by atoms with Crippen molar-refractivity contribution in [2.45, 2.75) is 16.1 Å². The molecule has 0 radical (unpaired) electrons. The van der Waals surface area contributed by atoms with Gasteiger partial charge in [0.15, 0.2) is 12.4 Å². The van der Waals surface area contributed by atoms with Gasteiger partial charge in [0.25, 0.3) is 0 Å². The van der Waals surface area contributed by atoms with Gasteiger partial charge in [-0.25, -0.2) is 4.98 Å². The van der Waals surface area contributed by atoms with Gasteiger partial charge in [0, 0.05) is 6.07 Å². The Balaban J connectivity index is 2.54. The molecular weight excluding hydrogens is 396 g/mol. The molecule has 2 rings (SSSR count). The number of aromatic nitrogens is 2. The average molecular weight is 402 g/mol. The van der Waals surface area contributed by atoms with Gasteiger partial charge in [-0.15, -0.1) is 0 Å². The van der Waals surface area contributed by atoms with Crippen molar-refractivity contribution >= 4 is 45.8 Å². The standard InChI is InChI=1S/C11H5Cl3F6N2O/c12-10(13,14)8-21-5-1-4(11(18,19)20)7(2-6(5)22-8)23-3-9(15,16)17/h1-2H,3H2,(H,21,22). The van der Waals surface area contributed by atoms with Crippen LogP contribution < -0.4 is 4.74 Å². The fraction of sp³-hybridized carbons (Fsp3) is 0.364. The SMILES string of the molecule is FC(F)(F)COc1cc2nc(C(Cl)(Cl)Cl)[nH]c2cc1C(F)(F)F. The Morgan fingerprint density at radius 3 is 2.13 bits per heavy atom. The molecule has 1 aromatic heterocycles. The second-order valence-corrected chi connectivity index (χ2v) is 6.63. The Morgan fingerprint density at radius 1 is 1.04 bits per heavy atom. The number of H-pyrrole nitrogens is 1. The average Bonchev–Trinajstić information content (AvgIpc) is 2.75. The van der Waals surface area contributed by atoms with Crippen molar-refractivity contribution < 1.29 is 31.1 Å². The molecule has 1 aromatic carbocycles. The topological polar surface area (TPSA) is 37.9 Å². The summed E-state index contributed by atoms with van der Waals surface area (Å²) in [4.78, 5) is 6.10. The molecule has 0 fully saturated rings. The highest BCUT2D eigenvalue weighted by molar-refractivity contribution is 6.66. The lowest BCUT2D eigenvalue weighted by molar-refractivity contribution is -0.158. The van der Waals surface area contributed by atoms with Gasteiger partial charge in [0.1, 0.15) is 5.75 Å². The maximum absolute atomic E-state index is 13.0. The summed E-state index contributed by atoms with van der Waals surface area (Å²) in [5, 5.41) is 0. The number of rotatable bonds is 2. The summed E-state index contributed by atoms with van der Waals surface area (Å²) in [6.45, 7) is -1.89. The maximum Gasteiger partial charge on any atom is 0.422 e. The molecular formula is C11H5Cl3F6N2O. The third-order valence-electron chi connectivity index (χ3n) is 2.55. The zero-order chi connectivity index (χ0) is 17.6. The summed E-state index contributed by atoms with van der Waals surface area (Å²) in [5.41, 5.74) is -1.72. The molecule has 1 N–H and O–H groups in total. The van der Waals surface area contributed by atoms with E-state index in [1.54, 1.807) is 0 Å². The molecule has 2 aromatic rings. The third kappa shape index (κ3) is 4.48. The molecule has 0 saturated carbocycles. The van der Waals surface area contributed by atoms with E-state index in [4.69, 9.17) is 34.8 Å². The normalized spacial score (nSPS) is 13.6. The van der Waals surface area contributed by atoms with Crippen LogP contribution in [0.25, 0.3) is 11.0 Å². The summed E-state index contributed by atoms with van der Waals surface area (Å²) in [5.74, 6) is -1.30. The summed E-state index contributed by atoms with van der Waals surface area (Å²) >= 11 is 16.7. The number of aromatic amines is 1. The minimum absolute atomic E-state index is 0.142. The van der Waals surface area contributed by atoms with Crippen molar-refractivity contribution in [1.29, 1.82) is 0 Å². The Morgan fingerprint density at radius 2 is 1.65 bits per heavy atom. The summed E-state index contributed by atoms with van der Waals surface area (Å²) in [6, 6.07) is 1.23. The summed E-state index contributed by atoms with van der Waals surface area (Å²) < 4.78 is 77.6. The van der Waals surface area contributed by atoms with E-state index in [0.717, 1.165) is 0 Å². The number of imidazole rings is 1. The van der Waals surface area contributed by atoms with Gasteiger partial charge < -0.3 is 9.72 Å². The molecule has 12 heteroatoms. The number of hydrogen-bond acceptors (Lipinski definition) is 2. The minimum atomic E-state index is -4.94. The summed E-state index contributed by atoms with van der Waals surface area (Å²) in [6.07, 6.45) is -9.74. The third-order valence-corrected chi connectivity index (χ3v) is 3.09. The van der Waals surface area contributed by atoms with Crippen LogP contribution in [0.2, 0.25) is 0 Å². The fourth-order valence-corrected chi connectivity index (χ4v) is 1.94. The van der Waals surface area contributed by atoms with E-state index in [1.165, 1.54) is 0 Å². The van der Waals surface area contributed by atoms with Crippen LogP contribution in [0, 0.1) is 0 Å². The molecule has 0 spiro atoms. The lowest BCUT2D eigenvalue weighted by Crippen LogP contribution is -2.20. The molecule has 0 aliphatic heterocycles. The Kier molecular flexibility index (Phi) is 4.60. The van der Waals surface area contributed by atoms with Crippen molar-refractivity contribution in [1.82, 2.24) is 9.97 Å². The Labute approximate surface area is 139 Å². The van der Waals surface area contributed by atoms with Crippen molar-refractivity contribution in [3.05, 3.63) is 23.5 Å². The molecule has 0 aliphatic rings. The molecule has 0 saturated heterocycles. The van der Waals surface area contributed by atoms with Gasteiger partial charge >= 0.3 is 12.4 Å². The number of halogens is 9. The molecule has 3 nitrogen and oxygen atoms in total. The number of nitrogens with zero attached hydrogens (tertiary/aromatic N) is 1. The molecule has 23 heavy (non-hydrogen) atoms. The fourth-order valence-electron chi connectivity index (χ4n) is 1.67. The second kappa shape index (κ2) is 5.78. The Hall–Kier alpha value is -1.06. The number of hydrogen-bond donors (Lipinski definition) is 1. The highest BCUT2D eigenvalue weighted by atomic mass is 35.6. The van der Waals surface area contributed by atoms with Crippen molar-refractivity contribution in [3.8, 4) is 5.75 Å². The van der Waals surface area contributed by atoms with E-state index >= 15 is 0 Å². The first-order valence-corrected chi connectivity index (χ1v) is 6.78. The van der Waals surface area contributed by atoms with Gasteiger partial charge in [0.2, 0.25) is 3.79 Å².